The van der Waals surface area contributed by atoms with Crippen molar-refractivity contribution >= 4 is 11.8 Å². The molecule has 0 bridgehead atoms. The molecule has 1 aliphatic carbocycles. The lowest BCUT2D eigenvalue weighted by Gasteiger charge is -2.46. The second-order valence-corrected chi connectivity index (χ2v) is 6.35. The molecule has 2 rings (SSSR count). The summed E-state index contributed by atoms with van der Waals surface area (Å²) < 4.78 is 0. The molecule has 19 heavy (non-hydrogen) atoms. The number of unbranched alkanes of at least 4 members (excludes halogenated alkanes) is 1. The molecule has 1 saturated heterocycles. The van der Waals surface area contributed by atoms with Gasteiger partial charge in [-0.1, -0.05) is 19.8 Å². The Hall–Kier alpha value is -1.06. The van der Waals surface area contributed by atoms with Gasteiger partial charge in [0.15, 0.2) is 0 Å². The van der Waals surface area contributed by atoms with Gasteiger partial charge in [0.25, 0.3) is 0 Å². The topological polar surface area (TPSA) is 49.4 Å². The lowest BCUT2D eigenvalue weighted by atomic mass is 9.88. The minimum absolute atomic E-state index is 0.00246. The first kappa shape index (κ1) is 14.4. The molecule has 108 valence electrons. The fraction of sp³-hybridized carbons (Fsp3) is 0.867. The summed E-state index contributed by atoms with van der Waals surface area (Å²) in [5.41, 5.74) is -0.663. The van der Waals surface area contributed by atoms with Gasteiger partial charge in [-0.2, -0.15) is 0 Å². The van der Waals surface area contributed by atoms with Crippen molar-refractivity contribution in [3.05, 3.63) is 0 Å². The molecule has 3 unspecified atom stereocenters. The maximum absolute atomic E-state index is 12.8. The molecular formula is C15H26N2O2. The van der Waals surface area contributed by atoms with Gasteiger partial charge in [-0.15, -0.1) is 0 Å². The van der Waals surface area contributed by atoms with Gasteiger partial charge in [0, 0.05) is 6.04 Å². The van der Waals surface area contributed by atoms with Crippen LogP contribution in [0.1, 0.15) is 59.8 Å². The summed E-state index contributed by atoms with van der Waals surface area (Å²) in [5.74, 6) is 0.445. The van der Waals surface area contributed by atoms with Crippen molar-refractivity contribution in [2.45, 2.75) is 77.4 Å². The first-order valence-corrected chi connectivity index (χ1v) is 7.56. The molecule has 0 radical (unpaired) electrons. The quantitative estimate of drug-likeness (QED) is 0.828. The Balaban J connectivity index is 2.18. The van der Waals surface area contributed by atoms with E-state index in [4.69, 9.17) is 0 Å². The van der Waals surface area contributed by atoms with E-state index >= 15 is 0 Å². The summed E-state index contributed by atoms with van der Waals surface area (Å²) in [6.45, 7) is 7.95. The van der Waals surface area contributed by atoms with Crippen LogP contribution in [0.3, 0.4) is 0 Å². The van der Waals surface area contributed by atoms with E-state index in [0.29, 0.717) is 5.92 Å². The minimum atomic E-state index is -0.663. The van der Waals surface area contributed by atoms with Crippen molar-refractivity contribution in [1.82, 2.24) is 10.2 Å². The van der Waals surface area contributed by atoms with Gasteiger partial charge in [0.1, 0.15) is 11.6 Å². The fourth-order valence-electron chi connectivity index (χ4n) is 3.14. The summed E-state index contributed by atoms with van der Waals surface area (Å²) in [7, 11) is 0. The molecule has 1 saturated carbocycles. The van der Waals surface area contributed by atoms with Crippen molar-refractivity contribution in [2.24, 2.45) is 5.92 Å². The highest BCUT2D eigenvalue weighted by atomic mass is 16.2. The predicted molar refractivity (Wildman–Crippen MR) is 74.6 cm³/mol. The summed E-state index contributed by atoms with van der Waals surface area (Å²) >= 11 is 0. The molecule has 1 heterocycles. The third kappa shape index (κ3) is 2.49. The standard InChI is InChI=1S/C15H26N2O2/c1-5-6-7-10(2)17-11(3)13(18)16-15(4,14(17)19)12-8-9-12/h10-12H,5-9H2,1-4H3,(H,16,18). The average molecular weight is 266 g/mol. The van der Waals surface area contributed by atoms with Crippen LogP contribution in [0.15, 0.2) is 0 Å². The highest BCUT2D eigenvalue weighted by molar-refractivity contribution is 6.00. The Kier molecular flexibility index (Phi) is 3.88. The van der Waals surface area contributed by atoms with Gasteiger partial charge < -0.3 is 10.2 Å². The lowest BCUT2D eigenvalue weighted by molar-refractivity contribution is -0.157. The van der Waals surface area contributed by atoms with Crippen LogP contribution in [-0.2, 0) is 9.59 Å². The zero-order valence-electron chi connectivity index (χ0n) is 12.5. The number of hydrogen-bond donors (Lipinski definition) is 1. The number of hydrogen-bond acceptors (Lipinski definition) is 2. The first-order valence-electron chi connectivity index (χ1n) is 7.56. The molecule has 1 aliphatic heterocycles. The Morgan fingerprint density at radius 2 is 2.05 bits per heavy atom. The predicted octanol–water partition coefficient (Wildman–Crippen LogP) is 2.08. The number of rotatable bonds is 5. The van der Waals surface area contributed by atoms with Gasteiger partial charge in [0.2, 0.25) is 11.8 Å². The fourth-order valence-corrected chi connectivity index (χ4v) is 3.14. The van der Waals surface area contributed by atoms with E-state index in [9.17, 15) is 9.59 Å². The number of carbonyl (C=O) groups is 2. The monoisotopic (exact) mass is 266 g/mol. The summed E-state index contributed by atoms with van der Waals surface area (Å²) in [5, 5.41) is 2.97. The van der Waals surface area contributed by atoms with Crippen LogP contribution in [0, 0.1) is 5.92 Å². The van der Waals surface area contributed by atoms with Gasteiger partial charge in [-0.3, -0.25) is 9.59 Å². The van der Waals surface area contributed by atoms with Crippen LogP contribution in [0.4, 0.5) is 0 Å². The molecular weight excluding hydrogens is 240 g/mol. The van der Waals surface area contributed by atoms with E-state index in [1.165, 1.54) is 0 Å². The second-order valence-electron chi connectivity index (χ2n) is 6.35. The summed E-state index contributed by atoms with van der Waals surface area (Å²) in [4.78, 5) is 26.8. The van der Waals surface area contributed by atoms with Crippen LogP contribution in [0.25, 0.3) is 0 Å². The Labute approximate surface area is 115 Å². The average Bonchev–Trinajstić information content (AvgIpc) is 3.18. The van der Waals surface area contributed by atoms with Crippen molar-refractivity contribution in [1.29, 1.82) is 0 Å². The van der Waals surface area contributed by atoms with E-state index in [1.807, 2.05) is 18.7 Å². The summed E-state index contributed by atoms with van der Waals surface area (Å²) in [6, 6.07) is -0.197. The van der Waals surface area contributed by atoms with E-state index in [1.54, 1.807) is 0 Å². The van der Waals surface area contributed by atoms with Crippen LogP contribution in [0.5, 0.6) is 0 Å². The van der Waals surface area contributed by atoms with Crippen LogP contribution in [-0.4, -0.2) is 34.3 Å². The SMILES string of the molecule is CCCCC(C)N1C(=O)C(C)(C2CC2)NC(=O)C1C. The van der Waals surface area contributed by atoms with E-state index in [-0.39, 0.29) is 23.9 Å². The van der Waals surface area contributed by atoms with Crippen molar-refractivity contribution in [2.75, 3.05) is 0 Å². The van der Waals surface area contributed by atoms with E-state index in [2.05, 4.69) is 19.2 Å². The molecule has 0 aromatic carbocycles. The highest BCUT2D eigenvalue weighted by Crippen LogP contribution is 2.42. The smallest absolute Gasteiger partial charge is 0.249 e. The number of nitrogens with zero attached hydrogens (tertiary/aromatic N) is 1. The van der Waals surface area contributed by atoms with Crippen molar-refractivity contribution < 1.29 is 9.59 Å². The van der Waals surface area contributed by atoms with Crippen molar-refractivity contribution in [3.8, 4) is 0 Å². The highest BCUT2D eigenvalue weighted by Gasteiger charge is 2.55. The number of nitrogens with one attached hydrogen (secondary N) is 1. The first-order chi connectivity index (χ1) is 8.91. The zero-order valence-corrected chi connectivity index (χ0v) is 12.5. The molecule has 2 aliphatic rings. The third-order valence-electron chi connectivity index (χ3n) is 4.70. The molecule has 0 aromatic heterocycles. The van der Waals surface area contributed by atoms with E-state index in [0.717, 1.165) is 32.1 Å². The maximum atomic E-state index is 12.8. The largest absolute Gasteiger partial charge is 0.340 e. The Morgan fingerprint density at radius 3 is 2.58 bits per heavy atom. The van der Waals surface area contributed by atoms with Gasteiger partial charge in [-0.05, 0) is 46.0 Å². The third-order valence-corrected chi connectivity index (χ3v) is 4.70. The zero-order chi connectivity index (χ0) is 14.2. The second kappa shape index (κ2) is 5.14. The van der Waals surface area contributed by atoms with Crippen molar-refractivity contribution in [3.63, 3.8) is 0 Å². The number of carbonyl (C=O) groups excluding carboxylic acids is 2. The molecule has 1 N–H and O–H groups in total. The van der Waals surface area contributed by atoms with Gasteiger partial charge >= 0.3 is 0 Å². The van der Waals surface area contributed by atoms with Crippen LogP contribution in [0.2, 0.25) is 0 Å². The molecule has 0 aromatic rings. The normalized spacial score (nSPS) is 33.3. The molecule has 4 heteroatoms. The van der Waals surface area contributed by atoms with Gasteiger partial charge in [0.05, 0.1) is 0 Å². The summed E-state index contributed by atoms with van der Waals surface area (Å²) in [6.07, 6.45) is 5.29. The Morgan fingerprint density at radius 1 is 1.42 bits per heavy atom. The molecule has 2 fully saturated rings. The van der Waals surface area contributed by atoms with E-state index < -0.39 is 5.54 Å². The van der Waals surface area contributed by atoms with Crippen LogP contribution >= 0.6 is 0 Å². The molecule has 4 nitrogen and oxygen atoms in total. The molecule has 3 atom stereocenters. The Bertz CT molecular complexity index is 378. The van der Waals surface area contributed by atoms with Crippen LogP contribution < -0.4 is 5.32 Å². The molecule has 2 amide bonds. The maximum Gasteiger partial charge on any atom is 0.249 e. The van der Waals surface area contributed by atoms with Gasteiger partial charge in [-0.25, -0.2) is 0 Å². The molecule has 0 spiro atoms. The lowest BCUT2D eigenvalue weighted by Crippen LogP contribution is -2.71. The minimum Gasteiger partial charge on any atom is -0.340 e. The number of amides is 2. The number of piperazine rings is 1.